The number of amides is 2. The first kappa shape index (κ1) is 17.1. The van der Waals surface area contributed by atoms with Crippen molar-refractivity contribution < 1.29 is 14.0 Å². The summed E-state index contributed by atoms with van der Waals surface area (Å²) in [5, 5.41) is 2.77. The van der Waals surface area contributed by atoms with Gasteiger partial charge in [0.15, 0.2) is 0 Å². The van der Waals surface area contributed by atoms with Gasteiger partial charge in [-0.1, -0.05) is 31.5 Å². The molecule has 0 aromatic heterocycles. The van der Waals surface area contributed by atoms with Gasteiger partial charge in [0.1, 0.15) is 5.82 Å². The molecule has 0 radical (unpaired) electrons. The third-order valence-electron chi connectivity index (χ3n) is 3.24. The van der Waals surface area contributed by atoms with Crippen molar-refractivity contribution in [2.75, 3.05) is 19.6 Å². The number of halogens is 1. The molecule has 1 rings (SSSR count). The SMILES string of the molecule is CCCCNC(=O)CN(CCc1ccccc1F)C(C)=O. The number of rotatable bonds is 8. The van der Waals surface area contributed by atoms with Crippen molar-refractivity contribution in [3.05, 3.63) is 35.6 Å². The predicted molar refractivity (Wildman–Crippen MR) is 80.3 cm³/mol. The minimum absolute atomic E-state index is 0.0213. The number of hydrogen-bond donors (Lipinski definition) is 1. The second-order valence-corrected chi connectivity index (χ2v) is 4.99. The summed E-state index contributed by atoms with van der Waals surface area (Å²) in [4.78, 5) is 24.7. The molecule has 1 aromatic carbocycles. The Bertz CT molecular complexity index is 477. The second-order valence-electron chi connectivity index (χ2n) is 4.99. The van der Waals surface area contributed by atoms with E-state index in [4.69, 9.17) is 0 Å². The van der Waals surface area contributed by atoms with Gasteiger partial charge < -0.3 is 10.2 Å². The van der Waals surface area contributed by atoms with Gasteiger partial charge in [-0.3, -0.25) is 9.59 Å². The monoisotopic (exact) mass is 294 g/mol. The maximum atomic E-state index is 13.5. The van der Waals surface area contributed by atoms with Crippen molar-refractivity contribution in [1.29, 1.82) is 0 Å². The van der Waals surface area contributed by atoms with E-state index >= 15 is 0 Å². The molecule has 0 aliphatic rings. The van der Waals surface area contributed by atoms with Gasteiger partial charge in [0.2, 0.25) is 11.8 Å². The van der Waals surface area contributed by atoms with Gasteiger partial charge >= 0.3 is 0 Å². The average Bonchev–Trinajstić information content (AvgIpc) is 2.45. The molecule has 116 valence electrons. The average molecular weight is 294 g/mol. The Kier molecular flexibility index (Phi) is 7.43. The molecule has 1 N–H and O–H groups in total. The summed E-state index contributed by atoms with van der Waals surface area (Å²) < 4.78 is 13.5. The molecule has 0 spiro atoms. The molecule has 0 bridgehead atoms. The number of carbonyl (C=O) groups is 2. The molecule has 21 heavy (non-hydrogen) atoms. The van der Waals surface area contributed by atoms with Crippen molar-refractivity contribution in [3.8, 4) is 0 Å². The van der Waals surface area contributed by atoms with Crippen molar-refractivity contribution in [1.82, 2.24) is 10.2 Å². The maximum absolute atomic E-state index is 13.5. The summed E-state index contributed by atoms with van der Waals surface area (Å²) >= 11 is 0. The van der Waals surface area contributed by atoms with Crippen molar-refractivity contribution in [2.24, 2.45) is 0 Å². The van der Waals surface area contributed by atoms with E-state index in [1.807, 2.05) is 6.92 Å². The Balaban J connectivity index is 2.49. The van der Waals surface area contributed by atoms with E-state index < -0.39 is 0 Å². The van der Waals surface area contributed by atoms with Gasteiger partial charge in [-0.15, -0.1) is 0 Å². The summed E-state index contributed by atoms with van der Waals surface area (Å²) in [7, 11) is 0. The van der Waals surface area contributed by atoms with Crippen LogP contribution in [0.3, 0.4) is 0 Å². The molecular formula is C16H23FN2O2. The number of benzene rings is 1. The summed E-state index contributed by atoms with van der Waals surface area (Å²) in [6, 6.07) is 6.47. The fourth-order valence-corrected chi connectivity index (χ4v) is 1.94. The normalized spacial score (nSPS) is 10.2. The van der Waals surface area contributed by atoms with E-state index in [0.29, 0.717) is 25.1 Å². The molecule has 5 heteroatoms. The first-order valence-electron chi connectivity index (χ1n) is 7.30. The third-order valence-corrected chi connectivity index (χ3v) is 3.24. The molecule has 0 saturated carbocycles. The second kappa shape index (κ2) is 9.10. The van der Waals surface area contributed by atoms with Crippen LogP contribution in [0.2, 0.25) is 0 Å². The Hall–Kier alpha value is -1.91. The Morgan fingerprint density at radius 1 is 1.29 bits per heavy atom. The molecule has 0 heterocycles. The lowest BCUT2D eigenvalue weighted by atomic mass is 10.1. The van der Waals surface area contributed by atoms with Crippen LogP contribution < -0.4 is 5.32 Å². The fourth-order valence-electron chi connectivity index (χ4n) is 1.94. The number of unbranched alkanes of at least 4 members (excludes halogenated alkanes) is 1. The number of carbonyl (C=O) groups excluding carboxylic acids is 2. The van der Waals surface area contributed by atoms with Crippen LogP contribution in [0.25, 0.3) is 0 Å². The van der Waals surface area contributed by atoms with Gasteiger partial charge in [0.25, 0.3) is 0 Å². The van der Waals surface area contributed by atoms with E-state index in [2.05, 4.69) is 5.32 Å². The number of nitrogens with one attached hydrogen (secondary N) is 1. The lowest BCUT2D eigenvalue weighted by molar-refractivity contribution is -0.134. The van der Waals surface area contributed by atoms with Gasteiger partial charge in [0.05, 0.1) is 6.54 Å². The summed E-state index contributed by atoms with van der Waals surface area (Å²) in [5.41, 5.74) is 0.551. The molecular weight excluding hydrogens is 271 g/mol. The predicted octanol–water partition coefficient (Wildman–Crippen LogP) is 2.13. The van der Waals surface area contributed by atoms with Gasteiger partial charge in [-0.2, -0.15) is 0 Å². The first-order chi connectivity index (χ1) is 10.0. The van der Waals surface area contributed by atoms with Crippen LogP contribution in [0.5, 0.6) is 0 Å². The zero-order chi connectivity index (χ0) is 15.7. The Morgan fingerprint density at radius 2 is 2.00 bits per heavy atom. The van der Waals surface area contributed by atoms with Crippen molar-refractivity contribution >= 4 is 11.8 Å². The largest absolute Gasteiger partial charge is 0.355 e. The van der Waals surface area contributed by atoms with Crippen LogP contribution in [-0.4, -0.2) is 36.3 Å². The highest BCUT2D eigenvalue weighted by Gasteiger charge is 2.14. The minimum Gasteiger partial charge on any atom is -0.355 e. The quantitative estimate of drug-likeness (QED) is 0.747. The highest BCUT2D eigenvalue weighted by atomic mass is 19.1. The van der Waals surface area contributed by atoms with Crippen LogP contribution in [0.15, 0.2) is 24.3 Å². The maximum Gasteiger partial charge on any atom is 0.239 e. The van der Waals surface area contributed by atoms with Gasteiger partial charge in [-0.05, 0) is 24.5 Å². The molecule has 2 amide bonds. The van der Waals surface area contributed by atoms with Crippen LogP contribution in [0.4, 0.5) is 4.39 Å². The standard InChI is InChI=1S/C16H23FN2O2/c1-3-4-10-18-16(21)12-19(13(2)20)11-9-14-7-5-6-8-15(14)17/h5-8H,3-4,9-12H2,1-2H3,(H,18,21). The van der Waals surface area contributed by atoms with Crippen LogP contribution >= 0.6 is 0 Å². The summed E-state index contributed by atoms with van der Waals surface area (Å²) in [5.74, 6) is -0.641. The topological polar surface area (TPSA) is 49.4 Å². The third kappa shape index (κ3) is 6.38. The fraction of sp³-hybridized carbons (Fsp3) is 0.500. The van der Waals surface area contributed by atoms with E-state index in [-0.39, 0.29) is 24.2 Å². The zero-order valence-corrected chi connectivity index (χ0v) is 12.7. The Labute approximate surface area is 125 Å². The molecule has 1 aromatic rings. The molecule has 0 unspecified atom stereocenters. The molecule has 0 fully saturated rings. The smallest absolute Gasteiger partial charge is 0.239 e. The molecule has 0 aliphatic heterocycles. The van der Waals surface area contributed by atoms with Crippen LogP contribution in [-0.2, 0) is 16.0 Å². The lowest BCUT2D eigenvalue weighted by Gasteiger charge is -2.20. The minimum atomic E-state index is -0.284. The van der Waals surface area contributed by atoms with Crippen LogP contribution in [0, 0.1) is 5.82 Å². The van der Waals surface area contributed by atoms with E-state index in [1.165, 1.54) is 17.9 Å². The lowest BCUT2D eigenvalue weighted by Crippen LogP contribution is -2.41. The first-order valence-corrected chi connectivity index (χ1v) is 7.30. The van der Waals surface area contributed by atoms with Crippen LogP contribution in [0.1, 0.15) is 32.3 Å². The van der Waals surface area contributed by atoms with Crippen molar-refractivity contribution in [2.45, 2.75) is 33.1 Å². The van der Waals surface area contributed by atoms with E-state index in [0.717, 1.165) is 12.8 Å². The molecule has 0 saturated heterocycles. The van der Waals surface area contributed by atoms with Gasteiger partial charge in [-0.25, -0.2) is 4.39 Å². The Morgan fingerprint density at radius 3 is 2.62 bits per heavy atom. The molecule has 4 nitrogen and oxygen atoms in total. The summed E-state index contributed by atoms with van der Waals surface area (Å²) in [6.45, 7) is 4.43. The highest BCUT2D eigenvalue weighted by molar-refractivity contribution is 5.83. The molecule has 0 atom stereocenters. The van der Waals surface area contributed by atoms with E-state index in [1.54, 1.807) is 18.2 Å². The zero-order valence-electron chi connectivity index (χ0n) is 12.7. The van der Waals surface area contributed by atoms with E-state index in [9.17, 15) is 14.0 Å². The molecule has 0 aliphatic carbocycles. The van der Waals surface area contributed by atoms with Gasteiger partial charge in [0, 0.05) is 20.0 Å². The highest BCUT2D eigenvalue weighted by Crippen LogP contribution is 2.08. The summed E-state index contributed by atoms with van der Waals surface area (Å²) in [6.07, 6.45) is 2.32. The van der Waals surface area contributed by atoms with Crippen molar-refractivity contribution in [3.63, 3.8) is 0 Å². The number of nitrogens with zero attached hydrogens (tertiary/aromatic N) is 1. The number of hydrogen-bond acceptors (Lipinski definition) is 2.